The summed E-state index contributed by atoms with van der Waals surface area (Å²) in [4.78, 5) is 119. The molecular formula is C65H93N5O16S. The molecule has 22 heteroatoms. The van der Waals surface area contributed by atoms with Crippen LogP contribution in [0.1, 0.15) is 183 Å². The van der Waals surface area contributed by atoms with Gasteiger partial charge in [0, 0.05) is 42.8 Å². The highest BCUT2D eigenvalue weighted by molar-refractivity contribution is 7.90. The maximum absolute atomic E-state index is 13.6. The number of likely N-dealkylation sites (tertiary alicyclic amines) is 1. The van der Waals surface area contributed by atoms with Gasteiger partial charge in [0.25, 0.3) is 17.7 Å². The van der Waals surface area contributed by atoms with E-state index in [0.29, 0.717) is 23.7 Å². The lowest BCUT2D eigenvalue weighted by molar-refractivity contribution is -0.145. The Labute approximate surface area is 514 Å². The molecule has 0 saturated carbocycles. The van der Waals surface area contributed by atoms with E-state index >= 15 is 0 Å². The topological polar surface area (TPSA) is 276 Å². The Hall–Kier alpha value is -7.36. The van der Waals surface area contributed by atoms with Crippen LogP contribution in [0.2, 0.25) is 0 Å². The van der Waals surface area contributed by atoms with Crippen LogP contribution in [-0.4, -0.2) is 129 Å². The van der Waals surface area contributed by atoms with Crippen molar-refractivity contribution in [3.63, 3.8) is 0 Å². The maximum Gasteiger partial charge on any atom is 0.418 e. The molecule has 0 aromatic heterocycles. The molecule has 0 radical (unpaired) electrons. The number of benzene rings is 3. The molecule has 3 aromatic rings. The van der Waals surface area contributed by atoms with Crippen molar-refractivity contribution in [2.45, 2.75) is 201 Å². The van der Waals surface area contributed by atoms with Crippen LogP contribution in [-0.2, 0) is 52.9 Å². The molecule has 0 bridgehead atoms. The van der Waals surface area contributed by atoms with Gasteiger partial charge in [0.2, 0.25) is 17.9 Å². The zero-order valence-electron chi connectivity index (χ0n) is 53.4. The molecule has 2 heterocycles. The Bertz CT molecular complexity index is 3020. The van der Waals surface area contributed by atoms with Gasteiger partial charge in [-0.05, 0) is 94.8 Å². The first kappa shape index (κ1) is 72.1. The fraction of sp³-hybridized carbons (Fsp3) is 0.585. The van der Waals surface area contributed by atoms with Gasteiger partial charge in [0.15, 0.2) is 33.0 Å². The summed E-state index contributed by atoms with van der Waals surface area (Å²) >= 11 is 0. The van der Waals surface area contributed by atoms with Crippen LogP contribution in [0.25, 0.3) is 0 Å². The summed E-state index contributed by atoms with van der Waals surface area (Å²) in [5.74, 6) is -4.50. The van der Waals surface area contributed by atoms with Gasteiger partial charge >= 0.3 is 12.1 Å². The highest BCUT2D eigenvalue weighted by Gasteiger charge is 2.55. The molecule has 2 aliphatic heterocycles. The number of nitrogens with zero attached hydrogens (tertiary/aromatic N) is 2. The van der Waals surface area contributed by atoms with Gasteiger partial charge in [0.1, 0.15) is 17.2 Å². The first-order valence-electron chi connectivity index (χ1n) is 30.1. The number of rotatable bonds is 31. The van der Waals surface area contributed by atoms with Crippen LogP contribution in [0.5, 0.6) is 17.2 Å². The Morgan fingerprint density at radius 1 is 0.690 bits per heavy atom. The summed E-state index contributed by atoms with van der Waals surface area (Å²) in [7, 11) is -0.404. The van der Waals surface area contributed by atoms with Crippen molar-refractivity contribution < 1.29 is 75.3 Å². The molecule has 21 nitrogen and oxygen atoms in total. The predicted octanol–water partition coefficient (Wildman–Crippen LogP) is 11.3. The van der Waals surface area contributed by atoms with Crippen molar-refractivity contribution in [1.29, 1.82) is 0 Å². The van der Waals surface area contributed by atoms with Gasteiger partial charge in [-0.1, -0.05) is 132 Å². The van der Waals surface area contributed by atoms with Crippen molar-refractivity contribution >= 4 is 80.1 Å². The zero-order valence-corrected chi connectivity index (χ0v) is 54.3. The van der Waals surface area contributed by atoms with E-state index < -0.39 is 85.7 Å². The van der Waals surface area contributed by atoms with Crippen molar-refractivity contribution in [2.75, 3.05) is 49.5 Å². The van der Waals surface area contributed by atoms with E-state index in [1.54, 1.807) is 74.6 Å². The highest BCUT2D eigenvalue weighted by atomic mass is 32.2. The third-order valence-corrected chi connectivity index (χ3v) is 15.6. The van der Waals surface area contributed by atoms with Crippen molar-refractivity contribution in [3.8, 4) is 17.2 Å². The lowest BCUT2D eigenvalue weighted by atomic mass is 9.85. The molecule has 2 fully saturated rings. The van der Waals surface area contributed by atoms with Crippen LogP contribution in [0.3, 0.4) is 0 Å². The number of carbonyl (C=O) groups is 9. The molecule has 0 aliphatic carbocycles. The Balaban J connectivity index is 0.000000380. The van der Waals surface area contributed by atoms with Crippen molar-refractivity contribution in [1.82, 2.24) is 9.80 Å². The number of esters is 1. The second kappa shape index (κ2) is 32.6. The number of Topliss-reactive ketones (excluding diaryl/α,β-unsaturated/α-hetero) is 2. The SMILES string of the molecule is CCCCCCCCCCCCCCCCOC(=O)c1ccc(NC(=O)C(C(=O)C(C)(C)C)N2C(=O)OC(C)(C)C2=O)c(OC(C)C)c1.COc1ccc(NC(=O)C2CC(=O)N(C)C2)cc1NC(=O)C(Oc1ccc(S(C)(=O)=O)cc1)C(=O)C(C)(C)C. The normalized spacial score (nSPS) is 15.6. The largest absolute Gasteiger partial charge is 0.495 e. The van der Waals surface area contributed by atoms with E-state index in [-0.39, 0.29) is 63.4 Å². The molecule has 6 amide bonds. The monoisotopic (exact) mass is 1230 g/mol. The molecule has 2 aliphatic rings. The molecule has 3 aromatic carbocycles. The lowest BCUT2D eigenvalue weighted by Crippen LogP contribution is -2.55. The zero-order chi connectivity index (χ0) is 65.0. The number of carbonyl (C=O) groups excluding carboxylic acids is 9. The van der Waals surface area contributed by atoms with Gasteiger partial charge in [0.05, 0.1) is 47.6 Å². The molecule has 5 rings (SSSR count). The minimum absolute atomic E-state index is 0.0650. The van der Waals surface area contributed by atoms with Gasteiger partial charge in [-0.3, -0.25) is 33.6 Å². The highest BCUT2D eigenvalue weighted by Crippen LogP contribution is 2.34. The van der Waals surface area contributed by atoms with Crippen molar-refractivity contribution in [3.05, 3.63) is 66.2 Å². The molecule has 2 saturated heterocycles. The van der Waals surface area contributed by atoms with Crippen LogP contribution in [0.4, 0.5) is 21.9 Å². The molecule has 87 heavy (non-hydrogen) atoms. The number of hydrogen-bond donors (Lipinski definition) is 3. The van der Waals surface area contributed by atoms with E-state index in [2.05, 4.69) is 22.9 Å². The Morgan fingerprint density at radius 3 is 1.72 bits per heavy atom. The van der Waals surface area contributed by atoms with E-state index in [9.17, 15) is 51.6 Å². The summed E-state index contributed by atoms with van der Waals surface area (Å²) in [5.41, 5.74) is -2.57. The smallest absolute Gasteiger partial charge is 0.418 e. The molecule has 3 unspecified atom stereocenters. The summed E-state index contributed by atoms with van der Waals surface area (Å²) in [6.45, 7) is 19.0. The molecule has 480 valence electrons. The van der Waals surface area contributed by atoms with Crippen LogP contribution in [0, 0.1) is 16.7 Å². The van der Waals surface area contributed by atoms with Gasteiger partial charge < -0.3 is 44.5 Å². The number of unbranched alkanes of at least 4 members (excludes halogenated alkanes) is 13. The summed E-state index contributed by atoms with van der Waals surface area (Å²) in [6.07, 6.45) is 15.6. The number of ketones is 2. The van der Waals surface area contributed by atoms with Crippen LogP contribution >= 0.6 is 0 Å². The Morgan fingerprint density at radius 2 is 1.24 bits per heavy atom. The Kier molecular flexibility index (Phi) is 27.0. The number of sulfone groups is 1. The number of cyclic esters (lactones) is 1. The predicted molar refractivity (Wildman–Crippen MR) is 332 cm³/mol. The molecule has 3 N–H and O–H groups in total. The number of nitrogens with one attached hydrogen (secondary N) is 3. The van der Waals surface area contributed by atoms with E-state index in [0.717, 1.165) is 25.5 Å². The quantitative estimate of drug-likeness (QED) is 0.0307. The number of hydrogen-bond acceptors (Lipinski definition) is 16. The van der Waals surface area contributed by atoms with Crippen LogP contribution in [0.15, 0.2) is 65.6 Å². The van der Waals surface area contributed by atoms with Crippen molar-refractivity contribution in [2.24, 2.45) is 16.7 Å². The molecular weight excluding hydrogens is 1140 g/mol. The second-order valence-electron chi connectivity index (χ2n) is 25.1. The summed E-state index contributed by atoms with van der Waals surface area (Å²) in [5, 5.41) is 8.04. The molecule has 0 spiro atoms. The molecule has 3 atom stereocenters. The summed E-state index contributed by atoms with van der Waals surface area (Å²) in [6, 6.07) is 12.7. The number of methoxy groups -OCH3 is 1. The fourth-order valence-corrected chi connectivity index (χ4v) is 10.0. The minimum Gasteiger partial charge on any atom is -0.495 e. The third-order valence-electron chi connectivity index (χ3n) is 14.5. The maximum atomic E-state index is 13.6. The minimum atomic E-state index is -3.44. The van der Waals surface area contributed by atoms with E-state index in [1.165, 1.54) is 145 Å². The first-order valence-corrected chi connectivity index (χ1v) is 32.0. The lowest BCUT2D eigenvalue weighted by Gasteiger charge is -2.28. The average molecular weight is 1230 g/mol. The number of ether oxygens (including phenoxy) is 5. The van der Waals surface area contributed by atoms with E-state index in [4.69, 9.17) is 23.7 Å². The fourth-order valence-electron chi connectivity index (χ4n) is 9.41. The standard InChI is InChI=1S/C38H60N2O8.C27H33N3O8S/c1-9-10-11-12-13-14-15-16-17-18-19-20-21-22-25-46-34(43)28-23-24-29(30(26-28)47-27(2)3)39-33(42)31(32(41)37(4,5)6)40-35(44)38(7,8)48-36(40)45;1-27(2,3)24(32)23(38-18-8-10-19(11-9-18)39(6,35)36)26(34)29-20-14-17(7-12-21(20)37-5)28-25(33)16-13-22(31)30(4)15-16/h23-24,26-27,31H,9-22,25H2,1-8H3,(H,39,42);7-12,14,16,23H,13,15H2,1-6H3,(H,28,33)(H,29,34). The second-order valence-corrected chi connectivity index (χ2v) is 27.1. The average Bonchev–Trinajstić information content (AvgIpc) is 1.77. The third kappa shape index (κ3) is 22.1. The van der Waals surface area contributed by atoms with Gasteiger partial charge in [-0.2, -0.15) is 0 Å². The van der Waals surface area contributed by atoms with E-state index in [1.807, 2.05) is 0 Å². The number of anilines is 3. The summed E-state index contributed by atoms with van der Waals surface area (Å²) < 4.78 is 51.2. The first-order chi connectivity index (χ1) is 40.7. The van der Waals surface area contributed by atoms with Crippen LogP contribution < -0.4 is 30.2 Å². The van der Waals surface area contributed by atoms with Gasteiger partial charge in [-0.15, -0.1) is 0 Å². The number of amides is 6. The van der Waals surface area contributed by atoms with Gasteiger partial charge in [-0.25, -0.2) is 22.9 Å². The number of imide groups is 1.